The summed E-state index contributed by atoms with van der Waals surface area (Å²) in [5, 5.41) is 0. The van der Waals surface area contributed by atoms with Gasteiger partial charge in [0.1, 0.15) is 5.82 Å². The Morgan fingerprint density at radius 1 is 1.37 bits per heavy atom. The van der Waals surface area contributed by atoms with Crippen LogP contribution in [0.4, 0.5) is 4.39 Å². The van der Waals surface area contributed by atoms with Gasteiger partial charge in [-0.05, 0) is 53.8 Å². The lowest BCUT2D eigenvalue weighted by atomic mass is 9.95. The number of benzene rings is 1. The summed E-state index contributed by atoms with van der Waals surface area (Å²) in [7, 11) is -0.611. The van der Waals surface area contributed by atoms with Gasteiger partial charge in [-0.2, -0.15) is 17.4 Å². The van der Waals surface area contributed by atoms with E-state index in [4.69, 9.17) is 0 Å². The predicted octanol–water partition coefficient (Wildman–Crippen LogP) is 2.02. The molecule has 1 aromatic carbocycles. The van der Waals surface area contributed by atoms with Gasteiger partial charge in [0.25, 0.3) is 10.2 Å². The molecule has 0 bridgehead atoms. The molecule has 0 spiro atoms. The van der Waals surface area contributed by atoms with Gasteiger partial charge in [-0.25, -0.2) is 4.39 Å². The molecule has 0 unspecified atom stereocenters. The number of halogens is 1. The Balaban J connectivity index is 1.74. The number of aryl methyl sites for hydroxylation is 1. The number of hydrogen-bond donors (Lipinski definition) is 1. The van der Waals surface area contributed by atoms with Crippen molar-refractivity contribution >= 4 is 22.2 Å². The summed E-state index contributed by atoms with van der Waals surface area (Å²) in [6.45, 7) is 2.90. The van der Waals surface area contributed by atoms with Gasteiger partial charge < -0.3 is 4.90 Å². The van der Waals surface area contributed by atoms with Crippen LogP contribution in [-0.2, 0) is 34.5 Å². The molecule has 1 amide bonds. The first kappa shape index (κ1) is 22.1. The Morgan fingerprint density at radius 3 is 2.83 bits per heavy atom. The number of aromatic nitrogens is 1. The molecule has 160 valence electrons. The number of pyridine rings is 1. The second kappa shape index (κ2) is 9.03. The van der Waals surface area contributed by atoms with E-state index in [9.17, 15) is 17.6 Å². The number of nitrogens with one attached hydrogen (secondary N) is 1. The maximum atomic E-state index is 13.3. The Morgan fingerprint density at radius 2 is 2.13 bits per heavy atom. The minimum Gasteiger partial charge on any atom is -0.334 e. The van der Waals surface area contributed by atoms with E-state index in [0.29, 0.717) is 25.1 Å². The van der Waals surface area contributed by atoms with Crippen LogP contribution in [0.5, 0.6) is 0 Å². The van der Waals surface area contributed by atoms with Gasteiger partial charge in [-0.1, -0.05) is 12.1 Å². The van der Waals surface area contributed by atoms with Gasteiger partial charge in [-0.3, -0.25) is 9.78 Å². The van der Waals surface area contributed by atoms with Gasteiger partial charge in [0.2, 0.25) is 5.91 Å². The summed E-state index contributed by atoms with van der Waals surface area (Å²) in [5.74, 6) is -0.518. The largest absolute Gasteiger partial charge is 0.334 e. The number of nitrogens with zero attached hydrogens (tertiary/aromatic N) is 3. The third-order valence-electron chi connectivity index (χ3n) is 5.09. The molecule has 0 atom stereocenters. The van der Waals surface area contributed by atoms with Gasteiger partial charge in [-0.15, -0.1) is 0 Å². The molecule has 0 aliphatic carbocycles. The van der Waals surface area contributed by atoms with Crippen LogP contribution >= 0.6 is 0 Å². The molecule has 30 heavy (non-hydrogen) atoms. The zero-order valence-corrected chi connectivity index (χ0v) is 18.0. The van der Waals surface area contributed by atoms with Crippen LogP contribution in [0, 0.1) is 12.7 Å². The highest BCUT2D eigenvalue weighted by molar-refractivity contribution is 7.87. The van der Waals surface area contributed by atoms with Crippen LogP contribution in [0.3, 0.4) is 0 Å². The monoisotopic (exact) mass is 432 g/mol. The predicted molar refractivity (Wildman–Crippen MR) is 113 cm³/mol. The van der Waals surface area contributed by atoms with Crippen molar-refractivity contribution in [3.8, 4) is 0 Å². The molecular weight excluding hydrogens is 407 g/mol. The van der Waals surface area contributed by atoms with Crippen molar-refractivity contribution in [3.05, 3.63) is 70.3 Å². The molecule has 0 saturated heterocycles. The first-order valence-corrected chi connectivity index (χ1v) is 11.0. The van der Waals surface area contributed by atoms with Crippen LogP contribution in [0.15, 0.2) is 36.5 Å². The maximum absolute atomic E-state index is 13.3. The molecule has 7 nitrogen and oxygen atoms in total. The summed E-state index contributed by atoms with van der Waals surface area (Å²) in [6, 6.07) is 6.04. The number of hydrogen-bond acceptors (Lipinski definition) is 4. The minimum atomic E-state index is -3.55. The molecule has 0 fully saturated rings. The lowest BCUT2D eigenvalue weighted by Crippen LogP contribution is -2.37. The number of rotatable bonds is 6. The maximum Gasteiger partial charge on any atom is 0.279 e. The van der Waals surface area contributed by atoms with Gasteiger partial charge >= 0.3 is 0 Å². The Labute approximate surface area is 176 Å². The van der Waals surface area contributed by atoms with E-state index < -0.39 is 10.2 Å². The highest BCUT2D eigenvalue weighted by atomic mass is 32.2. The van der Waals surface area contributed by atoms with E-state index in [1.165, 1.54) is 32.3 Å². The average molecular weight is 433 g/mol. The van der Waals surface area contributed by atoms with E-state index >= 15 is 0 Å². The van der Waals surface area contributed by atoms with Crippen molar-refractivity contribution < 1.29 is 17.6 Å². The number of carbonyl (C=O) groups excluding carboxylic acids is 1. The molecule has 9 heteroatoms. The Hall–Kier alpha value is -2.62. The molecule has 0 saturated carbocycles. The van der Waals surface area contributed by atoms with E-state index in [2.05, 4.69) is 9.71 Å². The fourth-order valence-electron chi connectivity index (χ4n) is 3.32. The molecule has 2 heterocycles. The van der Waals surface area contributed by atoms with E-state index in [1.54, 1.807) is 29.3 Å². The number of fused-ring (bicyclic) bond motifs is 1. The van der Waals surface area contributed by atoms with E-state index in [-0.39, 0.29) is 18.3 Å². The number of amides is 1. The fraction of sp³-hybridized carbons (Fsp3) is 0.333. The number of carbonyl (C=O) groups is 1. The highest BCUT2D eigenvalue weighted by Gasteiger charge is 2.24. The molecular formula is C21H25FN4O3S. The summed E-state index contributed by atoms with van der Waals surface area (Å²) in [5.41, 5.74) is 4.16. The standard InChI is InChI=1S/C21H25FN4O3S/c1-15-20(13-24-30(28,29)25(2)3)19-9-10-26(14-17(19)12-23-15)21(27)8-7-16-5-4-6-18(22)11-16/h4-8,11-12,24H,9-10,13-14H2,1-3H3/b8-7+. The zero-order chi connectivity index (χ0) is 21.9. The smallest absolute Gasteiger partial charge is 0.279 e. The Bertz CT molecular complexity index is 1080. The third kappa shape index (κ3) is 5.10. The van der Waals surface area contributed by atoms with Crippen LogP contribution in [0.1, 0.15) is 27.9 Å². The molecule has 2 aromatic rings. The van der Waals surface area contributed by atoms with Crippen LogP contribution < -0.4 is 4.72 Å². The first-order chi connectivity index (χ1) is 14.2. The highest BCUT2D eigenvalue weighted by Crippen LogP contribution is 2.24. The summed E-state index contributed by atoms with van der Waals surface area (Å²) < 4.78 is 41.1. The SMILES string of the molecule is Cc1ncc2c(c1CNS(=O)(=O)N(C)C)CCN(C(=O)/C=C/c1cccc(F)c1)C2. The van der Waals surface area contributed by atoms with Crippen molar-refractivity contribution in [1.29, 1.82) is 0 Å². The molecule has 1 aliphatic heterocycles. The molecule has 1 aliphatic rings. The Kier molecular flexibility index (Phi) is 6.64. The van der Waals surface area contributed by atoms with Crippen LogP contribution in [0.25, 0.3) is 6.08 Å². The van der Waals surface area contributed by atoms with Gasteiger partial charge in [0.05, 0.1) is 0 Å². The lowest BCUT2D eigenvalue weighted by molar-refractivity contribution is -0.126. The average Bonchev–Trinajstić information content (AvgIpc) is 2.71. The zero-order valence-electron chi connectivity index (χ0n) is 17.2. The third-order valence-corrected chi connectivity index (χ3v) is 6.56. The van der Waals surface area contributed by atoms with Crippen LogP contribution in [0.2, 0.25) is 0 Å². The summed E-state index contributed by atoms with van der Waals surface area (Å²) in [6.07, 6.45) is 5.38. The second-order valence-electron chi connectivity index (χ2n) is 7.33. The molecule has 3 rings (SSSR count). The van der Waals surface area contributed by atoms with Crippen molar-refractivity contribution in [3.63, 3.8) is 0 Å². The molecule has 0 radical (unpaired) electrons. The summed E-state index contributed by atoms with van der Waals surface area (Å²) in [4.78, 5) is 18.7. The van der Waals surface area contributed by atoms with Gasteiger partial charge in [0, 0.05) is 51.7 Å². The van der Waals surface area contributed by atoms with Crippen molar-refractivity contribution in [2.75, 3.05) is 20.6 Å². The quantitative estimate of drug-likeness (QED) is 0.708. The second-order valence-corrected chi connectivity index (χ2v) is 9.30. The summed E-state index contributed by atoms with van der Waals surface area (Å²) >= 11 is 0. The van der Waals surface area contributed by atoms with E-state index in [1.807, 2.05) is 6.92 Å². The van der Waals surface area contributed by atoms with Gasteiger partial charge in [0.15, 0.2) is 0 Å². The fourth-order valence-corrected chi connectivity index (χ4v) is 3.91. The first-order valence-electron chi connectivity index (χ1n) is 9.53. The topological polar surface area (TPSA) is 82.6 Å². The minimum absolute atomic E-state index is 0.149. The lowest BCUT2D eigenvalue weighted by Gasteiger charge is -2.30. The molecule has 1 aromatic heterocycles. The normalized spacial score (nSPS) is 14.4. The van der Waals surface area contributed by atoms with E-state index in [0.717, 1.165) is 26.7 Å². The van der Waals surface area contributed by atoms with Crippen molar-refractivity contribution in [2.45, 2.75) is 26.4 Å². The van der Waals surface area contributed by atoms with Crippen molar-refractivity contribution in [1.82, 2.24) is 18.9 Å². The van der Waals surface area contributed by atoms with Crippen molar-refractivity contribution in [2.24, 2.45) is 0 Å². The van der Waals surface area contributed by atoms with Crippen LogP contribution in [-0.4, -0.2) is 49.2 Å². The molecule has 1 N–H and O–H groups in total.